The molecule has 82 valence electrons. The molecule has 2 unspecified atom stereocenters. The van der Waals surface area contributed by atoms with Crippen molar-refractivity contribution in [3.63, 3.8) is 0 Å². The first kappa shape index (κ1) is 9.86. The minimum Gasteiger partial charge on any atom is -0.335 e. The van der Waals surface area contributed by atoms with Crippen LogP contribution < -0.4 is 0 Å². The van der Waals surface area contributed by atoms with Gasteiger partial charge in [-0.3, -0.25) is 4.79 Å². The van der Waals surface area contributed by atoms with Crippen molar-refractivity contribution in [1.82, 2.24) is 4.90 Å². The molecule has 1 amide bonds. The monoisotopic (exact) mass is 232 g/mol. The number of amides is 1. The molecule has 4 heteroatoms. The highest BCUT2D eigenvalue weighted by Crippen LogP contribution is 2.38. The Hall–Kier alpha value is -1.34. The third-order valence-electron chi connectivity index (χ3n) is 3.65. The lowest BCUT2D eigenvalue weighted by Crippen LogP contribution is -2.37. The van der Waals surface area contributed by atoms with Crippen molar-refractivity contribution in [1.29, 1.82) is 5.26 Å². The van der Waals surface area contributed by atoms with Gasteiger partial charge in [0.15, 0.2) is 0 Å². The highest BCUT2D eigenvalue weighted by Gasteiger charge is 2.41. The van der Waals surface area contributed by atoms with Crippen LogP contribution in [0.5, 0.6) is 0 Å². The van der Waals surface area contributed by atoms with Crippen LogP contribution >= 0.6 is 11.3 Å². The van der Waals surface area contributed by atoms with E-state index < -0.39 is 0 Å². The first-order valence-corrected chi connectivity index (χ1v) is 6.46. The van der Waals surface area contributed by atoms with E-state index >= 15 is 0 Å². The molecule has 0 spiro atoms. The van der Waals surface area contributed by atoms with Gasteiger partial charge in [0.05, 0.1) is 5.56 Å². The van der Waals surface area contributed by atoms with E-state index in [1.54, 1.807) is 6.07 Å². The number of likely N-dealkylation sites (tertiary alicyclic amines) is 1. The van der Waals surface area contributed by atoms with E-state index in [9.17, 15) is 4.79 Å². The van der Waals surface area contributed by atoms with Gasteiger partial charge in [0.2, 0.25) is 0 Å². The zero-order valence-corrected chi connectivity index (χ0v) is 9.67. The summed E-state index contributed by atoms with van der Waals surface area (Å²) in [7, 11) is 0. The van der Waals surface area contributed by atoms with Crippen LogP contribution in [0.2, 0.25) is 0 Å². The number of nitriles is 1. The van der Waals surface area contributed by atoms with Gasteiger partial charge >= 0.3 is 0 Å². The standard InChI is InChI=1S/C12H12N2OS/c13-6-9-3-4-16-11(9)12(15)14-7-8-1-2-10(14)5-8/h3-4,8,10H,1-2,5,7H2. The molecule has 16 heavy (non-hydrogen) atoms. The highest BCUT2D eigenvalue weighted by atomic mass is 32.1. The molecule has 3 rings (SSSR count). The molecule has 0 aromatic carbocycles. The number of thiophene rings is 1. The summed E-state index contributed by atoms with van der Waals surface area (Å²) in [5, 5.41) is 10.7. The molecule has 1 saturated heterocycles. The Morgan fingerprint density at radius 1 is 1.56 bits per heavy atom. The molecule has 1 saturated carbocycles. The highest BCUT2D eigenvalue weighted by molar-refractivity contribution is 7.12. The maximum Gasteiger partial charge on any atom is 0.265 e. The summed E-state index contributed by atoms with van der Waals surface area (Å²) in [6.07, 6.45) is 3.58. The quantitative estimate of drug-likeness (QED) is 0.745. The maximum absolute atomic E-state index is 12.3. The van der Waals surface area contributed by atoms with Crippen LogP contribution in [0.1, 0.15) is 34.5 Å². The molecule has 1 aliphatic heterocycles. The number of hydrogen-bond donors (Lipinski definition) is 0. The topological polar surface area (TPSA) is 44.1 Å². The number of fused-ring (bicyclic) bond motifs is 2. The average molecular weight is 232 g/mol. The molecule has 0 radical (unpaired) electrons. The second-order valence-corrected chi connectivity index (χ2v) is 5.48. The van der Waals surface area contributed by atoms with Crippen LogP contribution in [-0.4, -0.2) is 23.4 Å². The Kier molecular flexibility index (Phi) is 2.22. The third-order valence-corrected chi connectivity index (χ3v) is 4.55. The first-order valence-electron chi connectivity index (χ1n) is 5.58. The normalized spacial score (nSPS) is 27.1. The molecule has 1 aromatic rings. The number of hydrogen-bond acceptors (Lipinski definition) is 3. The van der Waals surface area contributed by atoms with E-state index in [1.165, 1.54) is 24.2 Å². The Morgan fingerprint density at radius 2 is 2.44 bits per heavy atom. The minimum atomic E-state index is 0.0683. The fraction of sp³-hybridized carbons (Fsp3) is 0.500. The number of nitrogens with zero attached hydrogens (tertiary/aromatic N) is 2. The number of carbonyl (C=O) groups excluding carboxylic acids is 1. The third kappa shape index (κ3) is 1.35. The molecular weight excluding hydrogens is 220 g/mol. The smallest absolute Gasteiger partial charge is 0.265 e. The molecule has 2 atom stereocenters. The van der Waals surface area contributed by atoms with Crippen LogP contribution in [-0.2, 0) is 0 Å². The average Bonchev–Trinajstić information content (AvgIpc) is 3.02. The Morgan fingerprint density at radius 3 is 3.06 bits per heavy atom. The van der Waals surface area contributed by atoms with Crippen molar-refractivity contribution < 1.29 is 4.79 Å². The lowest BCUT2D eigenvalue weighted by molar-refractivity contribution is 0.0708. The SMILES string of the molecule is N#Cc1ccsc1C(=O)N1CC2CCC1C2. The van der Waals surface area contributed by atoms with Gasteiger partial charge in [0, 0.05) is 12.6 Å². The van der Waals surface area contributed by atoms with Crippen LogP contribution in [0.3, 0.4) is 0 Å². The van der Waals surface area contributed by atoms with Crippen LogP contribution in [0.25, 0.3) is 0 Å². The van der Waals surface area contributed by atoms with Gasteiger partial charge in [-0.1, -0.05) is 0 Å². The number of rotatable bonds is 1. The van der Waals surface area contributed by atoms with Gasteiger partial charge in [0.25, 0.3) is 5.91 Å². The van der Waals surface area contributed by atoms with Gasteiger partial charge < -0.3 is 4.90 Å². The van der Waals surface area contributed by atoms with Crippen molar-refractivity contribution in [3.05, 3.63) is 21.9 Å². The summed E-state index contributed by atoms with van der Waals surface area (Å²) >= 11 is 1.38. The second-order valence-electron chi connectivity index (χ2n) is 4.57. The van der Waals surface area contributed by atoms with E-state index in [1.807, 2.05) is 10.3 Å². The molecule has 3 nitrogen and oxygen atoms in total. The van der Waals surface area contributed by atoms with Gasteiger partial charge in [-0.2, -0.15) is 5.26 Å². The van der Waals surface area contributed by atoms with Gasteiger partial charge in [-0.25, -0.2) is 0 Å². The zero-order valence-electron chi connectivity index (χ0n) is 8.85. The lowest BCUT2D eigenvalue weighted by Gasteiger charge is -2.26. The van der Waals surface area contributed by atoms with Crippen LogP contribution in [0.15, 0.2) is 11.4 Å². The van der Waals surface area contributed by atoms with Crippen molar-refractivity contribution in [2.45, 2.75) is 25.3 Å². The summed E-state index contributed by atoms with van der Waals surface area (Å²) in [4.78, 5) is 14.9. The fourth-order valence-electron chi connectivity index (χ4n) is 2.87. The largest absolute Gasteiger partial charge is 0.335 e. The summed E-state index contributed by atoms with van der Waals surface area (Å²) in [6.45, 7) is 0.895. The Bertz CT molecular complexity index is 474. The predicted octanol–water partition coefficient (Wildman–Crippen LogP) is 2.24. The zero-order chi connectivity index (χ0) is 11.1. The van der Waals surface area contributed by atoms with Crippen LogP contribution in [0, 0.1) is 17.2 Å². The van der Waals surface area contributed by atoms with E-state index in [2.05, 4.69) is 6.07 Å². The Labute approximate surface area is 98.3 Å². The van der Waals surface area contributed by atoms with E-state index in [0.717, 1.165) is 13.0 Å². The molecule has 0 N–H and O–H groups in total. The molecule has 2 fully saturated rings. The molecule has 1 aliphatic carbocycles. The Balaban J connectivity index is 1.86. The summed E-state index contributed by atoms with van der Waals surface area (Å²) < 4.78 is 0. The molecule has 2 bridgehead atoms. The van der Waals surface area contributed by atoms with E-state index in [4.69, 9.17) is 5.26 Å². The van der Waals surface area contributed by atoms with E-state index in [0.29, 0.717) is 22.4 Å². The first-order chi connectivity index (χ1) is 7.79. The summed E-state index contributed by atoms with van der Waals surface area (Å²) in [5.74, 6) is 0.776. The fourth-order valence-corrected chi connectivity index (χ4v) is 3.67. The number of piperidine rings is 1. The minimum absolute atomic E-state index is 0.0683. The van der Waals surface area contributed by atoms with Crippen molar-refractivity contribution in [3.8, 4) is 6.07 Å². The summed E-state index contributed by atoms with van der Waals surface area (Å²) in [6, 6.07) is 4.25. The van der Waals surface area contributed by atoms with E-state index in [-0.39, 0.29) is 5.91 Å². The van der Waals surface area contributed by atoms with Crippen LogP contribution in [0.4, 0.5) is 0 Å². The van der Waals surface area contributed by atoms with Crippen molar-refractivity contribution in [2.24, 2.45) is 5.92 Å². The second kappa shape index (κ2) is 3.60. The summed E-state index contributed by atoms with van der Waals surface area (Å²) in [5.41, 5.74) is 0.526. The molecule has 2 aliphatic rings. The molecular formula is C12H12N2OS. The van der Waals surface area contributed by atoms with Crippen molar-refractivity contribution >= 4 is 17.2 Å². The maximum atomic E-state index is 12.3. The number of carbonyl (C=O) groups is 1. The predicted molar refractivity (Wildman–Crippen MR) is 61.2 cm³/mol. The van der Waals surface area contributed by atoms with Crippen molar-refractivity contribution in [2.75, 3.05) is 6.54 Å². The molecule has 1 aromatic heterocycles. The molecule has 2 heterocycles. The lowest BCUT2D eigenvalue weighted by atomic mass is 10.1. The van der Waals surface area contributed by atoms with Gasteiger partial charge in [-0.15, -0.1) is 11.3 Å². The van der Waals surface area contributed by atoms with Gasteiger partial charge in [0.1, 0.15) is 10.9 Å². The van der Waals surface area contributed by atoms with Gasteiger partial charge in [-0.05, 0) is 36.6 Å².